The zero-order valence-corrected chi connectivity index (χ0v) is 7.68. The van der Waals surface area contributed by atoms with Crippen LogP contribution in [-0.4, -0.2) is 32.8 Å². The summed E-state index contributed by atoms with van der Waals surface area (Å²) in [7, 11) is 0. The molecule has 0 saturated carbocycles. The molecule has 0 atom stereocenters. The fraction of sp³-hybridized carbons (Fsp3) is 0.333. The Morgan fingerprint density at radius 2 is 2.38 bits per heavy atom. The second-order valence-electron chi connectivity index (χ2n) is 2.52. The number of hydrogen-bond acceptors (Lipinski definition) is 5. The Bertz CT molecular complexity index is 384. The first-order chi connectivity index (χ1) is 6.22. The predicted octanol–water partition coefficient (Wildman–Crippen LogP) is 0.168. The highest BCUT2D eigenvalue weighted by atomic mass is 32.2. The van der Waals surface area contributed by atoms with Gasteiger partial charge in [-0.2, -0.15) is 0 Å². The van der Waals surface area contributed by atoms with Crippen LogP contribution in [0.1, 0.15) is 6.42 Å². The summed E-state index contributed by atoms with van der Waals surface area (Å²) in [6.45, 7) is 0. The summed E-state index contributed by atoms with van der Waals surface area (Å²) in [5.41, 5.74) is 0. The van der Waals surface area contributed by atoms with E-state index >= 15 is 0 Å². The van der Waals surface area contributed by atoms with E-state index in [0.29, 0.717) is 11.1 Å². The molecular weight excluding hydrogens is 190 g/mol. The van der Waals surface area contributed by atoms with E-state index in [1.54, 1.807) is 0 Å². The van der Waals surface area contributed by atoms with Crippen molar-refractivity contribution >= 4 is 29.5 Å². The van der Waals surface area contributed by atoms with Crippen LogP contribution >= 0.6 is 11.8 Å². The quantitative estimate of drug-likeness (QED) is 0.628. The van der Waals surface area contributed by atoms with Crippen LogP contribution < -0.4 is 5.32 Å². The van der Waals surface area contributed by atoms with Gasteiger partial charge in [0.05, 0.1) is 6.42 Å². The standard InChI is InChI=1S/C6H7N5OS/c1-13-6-10-9-5-8-4(12)2-3(7)11(5)6/h7H,2H2,1H3,(H,8,9,12). The highest BCUT2D eigenvalue weighted by Crippen LogP contribution is 2.20. The summed E-state index contributed by atoms with van der Waals surface area (Å²) in [5, 5.41) is 18.3. The van der Waals surface area contributed by atoms with Crippen LogP contribution in [0.4, 0.5) is 5.95 Å². The number of amides is 1. The zero-order chi connectivity index (χ0) is 9.42. The topological polar surface area (TPSA) is 83.7 Å². The Morgan fingerprint density at radius 1 is 1.62 bits per heavy atom. The molecule has 68 valence electrons. The van der Waals surface area contributed by atoms with Gasteiger partial charge in [-0.25, -0.2) is 4.57 Å². The van der Waals surface area contributed by atoms with E-state index in [9.17, 15) is 4.79 Å². The maximum Gasteiger partial charge on any atom is 0.237 e. The van der Waals surface area contributed by atoms with Gasteiger partial charge >= 0.3 is 0 Å². The molecule has 1 aromatic rings. The number of carbonyl (C=O) groups excluding carboxylic acids is 1. The second-order valence-corrected chi connectivity index (χ2v) is 3.29. The number of aromatic nitrogens is 3. The van der Waals surface area contributed by atoms with Crippen LogP contribution in [0.5, 0.6) is 0 Å². The van der Waals surface area contributed by atoms with E-state index in [1.807, 2.05) is 6.26 Å². The molecule has 0 spiro atoms. The highest BCUT2D eigenvalue weighted by molar-refractivity contribution is 7.98. The van der Waals surface area contributed by atoms with Crippen molar-refractivity contribution in [3.63, 3.8) is 0 Å². The number of carbonyl (C=O) groups is 1. The van der Waals surface area contributed by atoms with Crippen molar-refractivity contribution in [1.82, 2.24) is 14.8 Å². The number of rotatable bonds is 1. The third-order valence-corrected chi connectivity index (χ3v) is 2.29. The number of thioether (sulfide) groups is 1. The molecule has 0 fully saturated rings. The van der Waals surface area contributed by atoms with Crippen LogP contribution in [-0.2, 0) is 4.79 Å². The summed E-state index contributed by atoms with van der Waals surface area (Å²) in [6, 6.07) is 0. The molecule has 1 amide bonds. The summed E-state index contributed by atoms with van der Waals surface area (Å²) in [6.07, 6.45) is 1.93. The summed E-state index contributed by atoms with van der Waals surface area (Å²) in [5.74, 6) is 0.344. The number of nitrogens with one attached hydrogen (secondary N) is 2. The minimum atomic E-state index is -0.211. The largest absolute Gasteiger partial charge is 0.294 e. The molecule has 0 radical (unpaired) electrons. The lowest BCUT2D eigenvalue weighted by molar-refractivity contribution is -0.115. The Morgan fingerprint density at radius 3 is 3.08 bits per heavy atom. The summed E-state index contributed by atoms with van der Waals surface area (Å²) >= 11 is 1.39. The van der Waals surface area contributed by atoms with Gasteiger partial charge in [-0.1, -0.05) is 11.8 Å². The molecule has 0 aliphatic carbocycles. The van der Waals surface area contributed by atoms with Gasteiger partial charge in [0.15, 0.2) is 5.16 Å². The molecule has 0 saturated heterocycles. The number of anilines is 1. The molecule has 2 N–H and O–H groups in total. The van der Waals surface area contributed by atoms with Crippen LogP contribution in [0.25, 0.3) is 0 Å². The average molecular weight is 197 g/mol. The summed E-state index contributed by atoms with van der Waals surface area (Å²) < 4.78 is 1.53. The van der Waals surface area contributed by atoms with Crippen molar-refractivity contribution in [3.8, 4) is 0 Å². The Hall–Kier alpha value is -1.37. The van der Waals surface area contributed by atoms with E-state index in [0.717, 1.165) is 0 Å². The van der Waals surface area contributed by atoms with Crippen molar-refractivity contribution in [1.29, 1.82) is 5.41 Å². The molecule has 2 heterocycles. The third-order valence-electron chi connectivity index (χ3n) is 1.67. The molecule has 2 rings (SSSR count). The van der Waals surface area contributed by atoms with Crippen molar-refractivity contribution in [2.24, 2.45) is 0 Å². The normalized spacial score (nSPS) is 15.5. The molecule has 6 nitrogen and oxygen atoms in total. The minimum Gasteiger partial charge on any atom is -0.294 e. The van der Waals surface area contributed by atoms with Gasteiger partial charge in [0.2, 0.25) is 11.9 Å². The van der Waals surface area contributed by atoms with Gasteiger partial charge < -0.3 is 0 Å². The van der Waals surface area contributed by atoms with Crippen LogP contribution in [0.15, 0.2) is 5.16 Å². The molecule has 7 heteroatoms. The van der Waals surface area contributed by atoms with Crippen LogP contribution in [0.2, 0.25) is 0 Å². The lowest BCUT2D eigenvalue weighted by Gasteiger charge is -2.15. The maximum atomic E-state index is 11.0. The van der Waals surface area contributed by atoms with Gasteiger partial charge in [-0.05, 0) is 6.26 Å². The van der Waals surface area contributed by atoms with Crippen molar-refractivity contribution < 1.29 is 4.79 Å². The molecule has 1 aromatic heterocycles. The Kier molecular flexibility index (Phi) is 1.80. The van der Waals surface area contributed by atoms with E-state index < -0.39 is 0 Å². The molecule has 1 aliphatic rings. The molecule has 13 heavy (non-hydrogen) atoms. The average Bonchev–Trinajstić information content (AvgIpc) is 2.47. The van der Waals surface area contributed by atoms with Gasteiger partial charge in [0.1, 0.15) is 5.84 Å². The van der Waals surface area contributed by atoms with Gasteiger partial charge in [-0.15, -0.1) is 10.2 Å². The fourth-order valence-corrected chi connectivity index (χ4v) is 1.63. The first-order valence-electron chi connectivity index (χ1n) is 3.59. The highest BCUT2D eigenvalue weighted by Gasteiger charge is 2.23. The molecule has 0 bridgehead atoms. The predicted molar refractivity (Wildman–Crippen MR) is 48.2 cm³/mol. The number of fused-ring (bicyclic) bond motifs is 1. The third kappa shape index (κ3) is 1.21. The SMILES string of the molecule is CSc1nnc2n1C(=N)CC(=O)N2. The number of nitrogens with zero attached hydrogens (tertiary/aromatic N) is 3. The maximum absolute atomic E-state index is 11.0. The van der Waals surface area contributed by atoms with Crippen LogP contribution in [0, 0.1) is 5.41 Å². The van der Waals surface area contributed by atoms with Crippen molar-refractivity contribution in [2.45, 2.75) is 11.6 Å². The lowest BCUT2D eigenvalue weighted by atomic mass is 10.3. The smallest absolute Gasteiger partial charge is 0.237 e. The van der Waals surface area contributed by atoms with Gasteiger partial charge in [-0.3, -0.25) is 15.5 Å². The number of hydrogen-bond donors (Lipinski definition) is 2. The van der Waals surface area contributed by atoms with E-state index in [2.05, 4.69) is 15.5 Å². The monoisotopic (exact) mass is 197 g/mol. The van der Waals surface area contributed by atoms with E-state index in [1.165, 1.54) is 16.3 Å². The molecule has 1 aliphatic heterocycles. The second kappa shape index (κ2) is 2.84. The molecule has 0 unspecified atom stereocenters. The molecule has 0 aromatic carbocycles. The first kappa shape index (κ1) is 8.24. The molecular formula is C6H7N5OS. The van der Waals surface area contributed by atoms with Crippen LogP contribution in [0.3, 0.4) is 0 Å². The van der Waals surface area contributed by atoms with Gasteiger partial charge in [0.25, 0.3) is 0 Å². The van der Waals surface area contributed by atoms with Crippen molar-refractivity contribution in [3.05, 3.63) is 0 Å². The minimum absolute atomic E-state index is 0.0819. The first-order valence-corrected chi connectivity index (χ1v) is 4.82. The van der Waals surface area contributed by atoms with Gasteiger partial charge in [0, 0.05) is 0 Å². The Labute approximate surface area is 78.2 Å². The van der Waals surface area contributed by atoms with Crippen molar-refractivity contribution in [2.75, 3.05) is 11.6 Å². The lowest BCUT2D eigenvalue weighted by Crippen LogP contribution is -2.29. The van der Waals surface area contributed by atoms with E-state index in [-0.39, 0.29) is 18.2 Å². The zero-order valence-electron chi connectivity index (χ0n) is 6.87. The summed E-state index contributed by atoms with van der Waals surface area (Å²) in [4.78, 5) is 11.0. The van der Waals surface area contributed by atoms with E-state index in [4.69, 9.17) is 5.41 Å². The fourth-order valence-electron chi connectivity index (χ4n) is 1.13. The Balaban J connectivity index is 2.52.